The Morgan fingerprint density at radius 3 is 1.89 bits per heavy atom. The molecule has 0 saturated carbocycles. The van der Waals surface area contributed by atoms with Gasteiger partial charge in [0.15, 0.2) is 5.75 Å². The highest BCUT2D eigenvalue weighted by molar-refractivity contribution is 7.86. The van der Waals surface area contributed by atoms with Gasteiger partial charge in [-0.1, -0.05) is 18.2 Å². The van der Waals surface area contributed by atoms with E-state index in [4.69, 9.17) is 10.5 Å². The van der Waals surface area contributed by atoms with E-state index < -0.39 is 32.4 Å². The number of carbonyl (C=O) groups excluding carboxylic acids is 1. The van der Waals surface area contributed by atoms with Gasteiger partial charge in [0.1, 0.15) is 22.0 Å². The van der Waals surface area contributed by atoms with Crippen molar-refractivity contribution in [3.05, 3.63) is 125 Å². The summed E-state index contributed by atoms with van der Waals surface area (Å²) in [7, 11) is -3.49. The maximum atomic E-state index is 12.7. The van der Waals surface area contributed by atoms with Crippen LogP contribution in [0.15, 0.2) is 139 Å². The number of fused-ring (bicyclic) bond motifs is 1. The van der Waals surface area contributed by atoms with Crippen LogP contribution in [0.1, 0.15) is 27.0 Å². The van der Waals surface area contributed by atoms with Crippen LogP contribution in [-0.4, -0.2) is 31.1 Å². The number of hydrogen-bond donors (Lipinski definition) is 4. The molecule has 6 rings (SSSR count). The Bertz CT molecular complexity index is 2610. The predicted molar refractivity (Wildman–Crippen MR) is 207 cm³/mol. The largest absolute Gasteiger partial charge is 0.505 e. The Balaban J connectivity index is 1.27. The third-order valence-electron chi connectivity index (χ3n) is 8.32. The number of aryl methyl sites for hydroxylation is 3. The molecule has 0 unspecified atom stereocenters. The summed E-state index contributed by atoms with van der Waals surface area (Å²) in [4.78, 5) is 12.0. The van der Waals surface area contributed by atoms with Gasteiger partial charge in [-0.25, -0.2) is 0 Å². The lowest BCUT2D eigenvalue weighted by Crippen LogP contribution is -2.11. The zero-order chi connectivity index (χ0) is 38.6. The average Bonchev–Trinajstić information content (AvgIpc) is 3.14. The van der Waals surface area contributed by atoms with Gasteiger partial charge in [0, 0.05) is 28.4 Å². The Kier molecular flexibility index (Phi) is 10.5. The van der Waals surface area contributed by atoms with Crippen molar-refractivity contribution in [3.63, 3.8) is 0 Å². The van der Waals surface area contributed by atoms with E-state index in [1.165, 1.54) is 25.3 Å². The second-order valence-electron chi connectivity index (χ2n) is 12.2. The molecule has 0 radical (unpaired) electrons. The van der Waals surface area contributed by atoms with E-state index in [1.54, 1.807) is 43.3 Å². The number of benzene rings is 6. The maximum absolute atomic E-state index is 12.7. The second-order valence-corrected chi connectivity index (χ2v) is 13.6. The molecule has 0 aliphatic heterocycles. The van der Waals surface area contributed by atoms with Crippen molar-refractivity contribution in [1.82, 2.24) is 0 Å². The van der Waals surface area contributed by atoms with Gasteiger partial charge in [-0.15, -0.1) is 10.2 Å². The molecule has 1 amide bonds. The third kappa shape index (κ3) is 8.28. The topological polar surface area (TPSA) is 213 Å². The van der Waals surface area contributed by atoms with Crippen molar-refractivity contribution < 1.29 is 27.6 Å². The van der Waals surface area contributed by atoms with Crippen LogP contribution in [0.2, 0.25) is 0 Å². The van der Waals surface area contributed by atoms with E-state index >= 15 is 0 Å². The summed E-state index contributed by atoms with van der Waals surface area (Å²) in [6, 6.07) is 28.3. The zero-order valence-electron chi connectivity index (χ0n) is 29.5. The SMILES string of the molecule is COc1cc(N=Nc2cc(C)c(N=Nc3ccccc3)cc2C)c(C)cc1N=Nc1c(S(=O)(=O)O)cc2cc(NC(=O)c3ccc(N)cc3)ccc2c1O. The number of nitrogens with two attached hydrogens (primary N) is 1. The minimum atomic E-state index is -4.91. The zero-order valence-corrected chi connectivity index (χ0v) is 30.3. The second kappa shape index (κ2) is 15.4. The number of nitrogens with one attached hydrogen (secondary N) is 1. The van der Waals surface area contributed by atoms with Crippen LogP contribution in [0, 0.1) is 20.8 Å². The van der Waals surface area contributed by atoms with Crippen molar-refractivity contribution in [2.24, 2.45) is 30.7 Å². The van der Waals surface area contributed by atoms with Gasteiger partial charge in [0.05, 0.1) is 29.9 Å². The quantitative estimate of drug-likeness (QED) is 0.0604. The van der Waals surface area contributed by atoms with Crippen molar-refractivity contribution in [2.75, 3.05) is 18.2 Å². The minimum Gasteiger partial charge on any atom is -0.505 e. The molecule has 0 spiro atoms. The molecule has 5 N–H and O–H groups in total. The number of rotatable bonds is 10. The molecule has 6 aromatic carbocycles. The standard InChI is InChI=1S/C39H34N8O6S/c1-22-17-32(23(2)16-31(22)43-42-28-8-6-5-7-9-28)44-45-33-21-35(53-4)34(18-24(33)3)46-47-37-36(54(50,51)52)20-26-19-29(14-15-30(26)38(37)48)41-39(49)25-10-12-27(40)13-11-25/h5-21,48H,40H2,1-4H3,(H,41,49)(H,50,51,52). The molecule has 54 heavy (non-hydrogen) atoms. The van der Waals surface area contributed by atoms with Gasteiger partial charge in [-0.05, 0) is 122 Å². The molecule has 0 fully saturated rings. The number of ether oxygens (including phenoxy) is 1. The van der Waals surface area contributed by atoms with Crippen LogP contribution in [-0.2, 0) is 10.1 Å². The molecular weight excluding hydrogens is 709 g/mol. The van der Waals surface area contributed by atoms with Crippen LogP contribution in [0.3, 0.4) is 0 Å². The highest BCUT2D eigenvalue weighted by Crippen LogP contribution is 2.44. The van der Waals surface area contributed by atoms with Gasteiger partial charge in [0.25, 0.3) is 16.0 Å². The molecule has 0 atom stereocenters. The van der Waals surface area contributed by atoms with Gasteiger partial charge in [-0.3, -0.25) is 9.35 Å². The van der Waals surface area contributed by atoms with Crippen LogP contribution in [0.4, 0.5) is 45.5 Å². The number of phenolic OH excluding ortho intramolecular Hbond substituents is 1. The smallest absolute Gasteiger partial charge is 0.296 e. The van der Waals surface area contributed by atoms with Crippen LogP contribution in [0.25, 0.3) is 10.8 Å². The molecule has 15 heteroatoms. The normalized spacial score (nSPS) is 11.9. The number of methoxy groups -OCH3 is 1. The van der Waals surface area contributed by atoms with Crippen molar-refractivity contribution >= 4 is 72.3 Å². The number of aromatic hydroxyl groups is 1. The van der Waals surface area contributed by atoms with Gasteiger partial charge >= 0.3 is 0 Å². The van der Waals surface area contributed by atoms with Gasteiger partial charge in [-0.2, -0.15) is 28.9 Å². The summed E-state index contributed by atoms with van der Waals surface area (Å²) in [5, 5.41) is 40.1. The molecule has 14 nitrogen and oxygen atoms in total. The van der Waals surface area contributed by atoms with E-state index in [1.807, 2.05) is 56.3 Å². The highest BCUT2D eigenvalue weighted by Gasteiger charge is 2.23. The first-order valence-electron chi connectivity index (χ1n) is 16.3. The molecule has 0 heterocycles. The van der Waals surface area contributed by atoms with Crippen LogP contribution >= 0.6 is 0 Å². The van der Waals surface area contributed by atoms with Crippen molar-refractivity contribution in [1.29, 1.82) is 0 Å². The number of hydrogen-bond acceptors (Lipinski definition) is 12. The molecule has 6 aromatic rings. The number of nitrogens with zero attached hydrogens (tertiary/aromatic N) is 6. The fraction of sp³-hybridized carbons (Fsp3) is 0.103. The first-order valence-corrected chi connectivity index (χ1v) is 17.8. The molecule has 0 aliphatic rings. The number of anilines is 2. The Labute approximate surface area is 310 Å². The average molecular weight is 743 g/mol. The Hall–Kier alpha value is -6.84. The monoisotopic (exact) mass is 742 g/mol. The fourth-order valence-corrected chi connectivity index (χ4v) is 6.05. The lowest BCUT2D eigenvalue weighted by Gasteiger charge is -2.12. The lowest BCUT2D eigenvalue weighted by atomic mass is 10.1. The first-order chi connectivity index (χ1) is 25.8. The molecule has 0 bridgehead atoms. The highest BCUT2D eigenvalue weighted by atomic mass is 32.2. The molecule has 0 aromatic heterocycles. The summed E-state index contributed by atoms with van der Waals surface area (Å²) in [5.74, 6) is -0.754. The third-order valence-corrected chi connectivity index (χ3v) is 9.19. The Morgan fingerprint density at radius 1 is 0.704 bits per heavy atom. The summed E-state index contributed by atoms with van der Waals surface area (Å²) in [6.07, 6.45) is 0. The summed E-state index contributed by atoms with van der Waals surface area (Å²) >= 11 is 0. The van der Waals surface area contributed by atoms with Gasteiger partial charge < -0.3 is 20.9 Å². The van der Waals surface area contributed by atoms with Crippen molar-refractivity contribution in [2.45, 2.75) is 25.7 Å². The van der Waals surface area contributed by atoms with Crippen molar-refractivity contribution in [3.8, 4) is 11.5 Å². The van der Waals surface area contributed by atoms with Gasteiger partial charge in [0.2, 0.25) is 0 Å². The number of nitrogen functional groups attached to an aromatic ring is 1. The number of carbonyl (C=O) groups is 1. The first kappa shape index (κ1) is 36.9. The van der Waals surface area contributed by atoms with E-state index in [0.717, 1.165) is 22.9 Å². The molecule has 0 aliphatic carbocycles. The van der Waals surface area contributed by atoms with E-state index in [9.17, 15) is 22.9 Å². The summed E-state index contributed by atoms with van der Waals surface area (Å²) in [6.45, 7) is 5.59. The van der Waals surface area contributed by atoms with E-state index in [-0.39, 0.29) is 22.2 Å². The predicted octanol–water partition coefficient (Wildman–Crippen LogP) is 10.8. The molecular formula is C39H34N8O6S. The minimum absolute atomic E-state index is 0.190. The molecule has 0 saturated heterocycles. The summed E-state index contributed by atoms with van der Waals surface area (Å²) in [5.41, 5.74) is 11.5. The maximum Gasteiger partial charge on any atom is 0.296 e. The Morgan fingerprint density at radius 2 is 1.28 bits per heavy atom. The van der Waals surface area contributed by atoms with Crippen LogP contribution < -0.4 is 15.8 Å². The summed E-state index contributed by atoms with van der Waals surface area (Å²) < 4.78 is 40.7. The number of phenols is 1. The lowest BCUT2D eigenvalue weighted by molar-refractivity contribution is 0.102. The fourth-order valence-electron chi connectivity index (χ4n) is 5.39. The van der Waals surface area contributed by atoms with Crippen LogP contribution in [0.5, 0.6) is 11.5 Å². The number of amides is 1. The van der Waals surface area contributed by atoms with E-state index in [2.05, 4.69) is 36.0 Å². The van der Waals surface area contributed by atoms with E-state index in [0.29, 0.717) is 39.6 Å². The number of azo groups is 3. The molecule has 272 valence electrons.